The summed E-state index contributed by atoms with van der Waals surface area (Å²) >= 11 is 0. The summed E-state index contributed by atoms with van der Waals surface area (Å²) in [6, 6.07) is 7.79. The molecule has 90 valence electrons. The molecule has 2 unspecified atom stereocenters. The summed E-state index contributed by atoms with van der Waals surface area (Å²) in [5.41, 5.74) is 1.15. The van der Waals surface area contributed by atoms with E-state index in [1.54, 1.807) is 0 Å². The average Bonchev–Trinajstić information content (AvgIpc) is 3.21. The molecule has 4 heteroatoms. The van der Waals surface area contributed by atoms with Crippen LogP contribution in [0.5, 0.6) is 0 Å². The Bertz CT molecular complexity index is 467. The fourth-order valence-electron chi connectivity index (χ4n) is 2.31. The quantitative estimate of drug-likeness (QED) is 0.601. The molecule has 0 bridgehead atoms. The molecule has 0 amide bonds. The second kappa shape index (κ2) is 4.03. The Morgan fingerprint density at radius 2 is 1.94 bits per heavy atom. The lowest BCUT2D eigenvalue weighted by molar-refractivity contribution is -0.107. The van der Waals surface area contributed by atoms with Crippen molar-refractivity contribution in [3.63, 3.8) is 0 Å². The van der Waals surface area contributed by atoms with Gasteiger partial charge in [-0.3, -0.25) is 0 Å². The molecule has 1 aliphatic carbocycles. The lowest BCUT2D eigenvalue weighted by Gasteiger charge is -2.03. The van der Waals surface area contributed by atoms with Crippen molar-refractivity contribution in [2.75, 3.05) is 0 Å². The van der Waals surface area contributed by atoms with Gasteiger partial charge in [0, 0.05) is 6.04 Å². The topological polar surface area (TPSA) is 37.1 Å². The van der Waals surface area contributed by atoms with Crippen molar-refractivity contribution in [1.82, 2.24) is 4.31 Å². The monoisotopic (exact) mass is 249 g/mol. The molecule has 17 heavy (non-hydrogen) atoms. The van der Waals surface area contributed by atoms with Crippen LogP contribution in [0.2, 0.25) is 0 Å². The number of rotatable bonds is 4. The predicted molar refractivity (Wildman–Crippen MR) is 65.8 cm³/mol. The van der Waals surface area contributed by atoms with E-state index in [1.807, 2.05) is 35.5 Å². The first-order valence-electron chi connectivity index (χ1n) is 5.94. The van der Waals surface area contributed by atoms with Crippen LogP contribution in [0.25, 0.3) is 0 Å². The van der Waals surface area contributed by atoms with Gasteiger partial charge in [-0.05, 0) is 37.8 Å². The minimum atomic E-state index is -1.17. The largest absolute Gasteiger partial charge is 0.302 e. The van der Waals surface area contributed by atoms with Crippen LogP contribution in [-0.2, 0) is 15.8 Å². The van der Waals surface area contributed by atoms with Crippen molar-refractivity contribution in [3.8, 4) is 0 Å². The summed E-state index contributed by atoms with van der Waals surface area (Å²) in [7, 11) is -1.17. The molecule has 0 spiro atoms. The van der Waals surface area contributed by atoms with Crippen molar-refractivity contribution in [2.45, 2.75) is 36.7 Å². The van der Waals surface area contributed by atoms with E-state index in [1.165, 1.54) is 12.8 Å². The maximum atomic E-state index is 12.3. The summed E-state index contributed by atoms with van der Waals surface area (Å²) < 4.78 is 14.2. The van der Waals surface area contributed by atoms with Crippen LogP contribution < -0.4 is 0 Å². The highest BCUT2D eigenvalue weighted by atomic mass is 32.2. The Kier molecular flexibility index (Phi) is 2.64. The zero-order valence-electron chi connectivity index (χ0n) is 9.70. The van der Waals surface area contributed by atoms with Gasteiger partial charge in [-0.2, -0.15) is 0 Å². The molecule has 0 aromatic heterocycles. The first-order chi connectivity index (χ1) is 8.22. The third kappa shape index (κ3) is 1.96. The minimum absolute atomic E-state index is 0.121. The summed E-state index contributed by atoms with van der Waals surface area (Å²) in [6.45, 7) is 2.01. The Morgan fingerprint density at radius 1 is 1.29 bits per heavy atom. The van der Waals surface area contributed by atoms with Crippen molar-refractivity contribution in [1.29, 1.82) is 0 Å². The molecule has 0 N–H and O–H groups in total. The van der Waals surface area contributed by atoms with E-state index in [0.29, 0.717) is 5.92 Å². The van der Waals surface area contributed by atoms with Gasteiger partial charge < -0.3 is 4.79 Å². The summed E-state index contributed by atoms with van der Waals surface area (Å²) in [5.74, 6) is 0.597. The molecule has 2 fully saturated rings. The molecule has 1 aromatic rings. The number of carbonyl (C=O) groups is 1. The van der Waals surface area contributed by atoms with Crippen LogP contribution in [0, 0.1) is 12.8 Å². The van der Waals surface area contributed by atoms with E-state index in [-0.39, 0.29) is 12.1 Å². The molecule has 1 saturated heterocycles. The zero-order chi connectivity index (χ0) is 12.0. The van der Waals surface area contributed by atoms with E-state index in [2.05, 4.69) is 0 Å². The van der Waals surface area contributed by atoms with Crippen LogP contribution >= 0.6 is 0 Å². The Labute approximate surface area is 103 Å². The van der Waals surface area contributed by atoms with Crippen LogP contribution in [0.15, 0.2) is 29.2 Å². The molecule has 1 aliphatic heterocycles. The molecule has 3 rings (SSSR count). The van der Waals surface area contributed by atoms with E-state index in [0.717, 1.165) is 16.7 Å². The van der Waals surface area contributed by atoms with Crippen molar-refractivity contribution < 1.29 is 9.00 Å². The number of hydrogen-bond acceptors (Lipinski definition) is 2. The Hall–Kier alpha value is -1.00. The average molecular weight is 249 g/mol. The van der Waals surface area contributed by atoms with Gasteiger partial charge in [-0.1, -0.05) is 17.7 Å². The number of benzene rings is 1. The molecular weight excluding hydrogens is 234 g/mol. The van der Waals surface area contributed by atoms with Gasteiger partial charge in [0.1, 0.15) is 17.3 Å². The second-order valence-electron chi connectivity index (χ2n) is 4.88. The first kappa shape index (κ1) is 11.1. The van der Waals surface area contributed by atoms with Crippen molar-refractivity contribution in [2.24, 2.45) is 5.92 Å². The summed E-state index contributed by atoms with van der Waals surface area (Å²) in [6.07, 6.45) is 3.29. The fraction of sp³-hybridized carbons (Fsp3) is 0.462. The van der Waals surface area contributed by atoms with Crippen LogP contribution in [0.4, 0.5) is 0 Å². The highest BCUT2D eigenvalue weighted by molar-refractivity contribution is 7.83. The maximum Gasteiger partial charge on any atom is 0.139 e. The number of nitrogens with zero attached hydrogens (tertiary/aromatic N) is 1. The third-order valence-corrected chi connectivity index (χ3v) is 5.05. The number of hydrogen-bond donors (Lipinski definition) is 0. The van der Waals surface area contributed by atoms with E-state index < -0.39 is 11.0 Å². The van der Waals surface area contributed by atoms with Crippen LogP contribution in [0.3, 0.4) is 0 Å². The lowest BCUT2D eigenvalue weighted by atomic mass is 10.2. The molecule has 2 aliphatic rings. The normalized spacial score (nSPS) is 33.1. The van der Waals surface area contributed by atoms with Gasteiger partial charge >= 0.3 is 0 Å². The molecule has 1 heterocycles. The van der Waals surface area contributed by atoms with Gasteiger partial charge in [0.25, 0.3) is 0 Å². The van der Waals surface area contributed by atoms with Gasteiger partial charge in [-0.25, -0.2) is 8.51 Å². The van der Waals surface area contributed by atoms with E-state index >= 15 is 0 Å². The molecule has 0 radical (unpaired) electrons. The fourth-order valence-corrected chi connectivity index (χ4v) is 3.78. The number of aldehydes is 1. The van der Waals surface area contributed by atoms with Crippen LogP contribution in [-0.4, -0.2) is 26.9 Å². The van der Waals surface area contributed by atoms with Gasteiger partial charge in [0.2, 0.25) is 0 Å². The van der Waals surface area contributed by atoms with Gasteiger partial charge in [0.15, 0.2) is 0 Å². The minimum Gasteiger partial charge on any atom is -0.302 e. The third-order valence-electron chi connectivity index (χ3n) is 3.51. The second-order valence-corrected chi connectivity index (χ2v) is 6.27. The van der Waals surface area contributed by atoms with Gasteiger partial charge in [-0.15, -0.1) is 0 Å². The van der Waals surface area contributed by atoms with Crippen molar-refractivity contribution in [3.05, 3.63) is 29.8 Å². The Balaban J connectivity index is 1.78. The SMILES string of the molecule is Cc1ccc([S@@](=O)N2C(C3CC3)[C@@H]2C=O)cc1. The Morgan fingerprint density at radius 3 is 2.47 bits per heavy atom. The first-order valence-corrected chi connectivity index (χ1v) is 7.05. The van der Waals surface area contributed by atoms with E-state index in [9.17, 15) is 9.00 Å². The zero-order valence-corrected chi connectivity index (χ0v) is 10.5. The number of carbonyl (C=O) groups excluding carboxylic acids is 1. The summed E-state index contributed by atoms with van der Waals surface area (Å²) in [5, 5.41) is 0. The molecule has 4 atom stereocenters. The molecular formula is C13H15NO2S. The number of aryl methyl sites for hydroxylation is 1. The van der Waals surface area contributed by atoms with Gasteiger partial charge in [0.05, 0.1) is 10.9 Å². The smallest absolute Gasteiger partial charge is 0.139 e. The van der Waals surface area contributed by atoms with Crippen molar-refractivity contribution >= 4 is 17.3 Å². The molecule has 3 nitrogen and oxygen atoms in total. The highest BCUT2D eigenvalue weighted by Gasteiger charge is 2.58. The maximum absolute atomic E-state index is 12.3. The standard InChI is InChI=1S/C13H15NO2S/c1-9-2-6-11(7-3-9)17(16)14-12(8-15)13(14)10-4-5-10/h2-3,6-8,10,12-13H,4-5H2,1H3/t12-,13?,14?,17+/m0/s1. The highest BCUT2D eigenvalue weighted by Crippen LogP contribution is 2.47. The molecule has 1 aromatic carbocycles. The van der Waals surface area contributed by atoms with Crippen LogP contribution in [0.1, 0.15) is 18.4 Å². The summed E-state index contributed by atoms with van der Waals surface area (Å²) in [4.78, 5) is 11.7. The predicted octanol–water partition coefficient (Wildman–Crippen LogP) is 1.68. The van der Waals surface area contributed by atoms with E-state index in [4.69, 9.17) is 0 Å². The molecule has 1 saturated carbocycles. The lowest BCUT2D eigenvalue weighted by Crippen LogP contribution is -2.09.